The maximum atomic E-state index is 5.45. The Morgan fingerprint density at radius 3 is 2.56 bits per heavy atom. The van der Waals surface area contributed by atoms with Crippen molar-refractivity contribution >= 4 is 0 Å². The minimum absolute atomic E-state index is 0.534. The molecule has 90 valence electrons. The van der Waals surface area contributed by atoms with Gasteiger partial charge in [-0.15, -0.1) is 0 Å². The Morgan fingerprint density at radius 1 is 1.31 bits per heavy atom. The Bertz CT molecular complexity index is 323. The van der Waals surface area contributed by atoms with Crippen molar-refractivity contribution in [2.45, 2.75) is 32.6 Å². The first-order chi connectivity index (χ1) is 7.76. The SMILES string of the molecule is CCc1ccc(OC)c(C(CC)CNC)c1. The van der Waals surface area contributed by atoms with E-state index < -0.39 is 0 Å². The first kappa shape index (κ1) is 13.0. The lowest BCUT2D eigenvalue weighted by Crippen LogP contribution is -2.17. The quantitative estimate of drug-likeness (QED) is 0.797. The van der Waals surface area contributed by atoms with Gasteiger partial charge >= 0.3 is 0 Å². The van der Waals surface area contributed by atoms with Gasteiger partial charge in [-0.1, -0.05) is 26.0 Å². The topological polar surface area (TPSA) is 21.3 Å². The molecule has 0 spiro atoms. The number of aryl methyl sites for hydroxylation is 1. The second-order valence-corrected chi connectivity index (χ2v) is 4.09. The predicted molar refractivity (Wildman–Crippen MR) is 69.3 cm³/mol. The van der Waals surface area contributed by atoms with Gasteiger partial charge in [0.1, 0.15) is 5.75 Å². The number of likely N-dealkylation sites (N-methyl/N-ethyl adjacent to an activating group) is 1. The lowest BCUT2D eigenvalue weighted by Gasteiger charge is -2.19. The number of benzene rings is 1. The van der Waals surface area contributed by atoms with E-state index in [2.05, 4.69) is 37.4 Å². The Balaban J connectivity index is 3.05. The van der Waals surface area contributed by atoms with Crippen molar-refractivity contribution in [3.63, 3.8) is 0 Å². The highest BCUT2D eigenvalue weighted by Crippen LogP contribution is 2.29. The molecule has 0 aliphatic heterocycles. The summed E-state index contributed by atoms with van der Waals surface area (Å²) in [7, 11) is 3.75. The van der Waals surface area contributed by atoms with Gasteiger partial charge in [-0.25, -0.2) is 0 Å². The molecule has 0 saturated carbocycles. The van der Waals surface area contributed by atoms with Crippen LogP contribution in [0, 0.1) is 0 Å². The lowest BCUT2D eigenvalue weighted by molar-refractivity contribution is 0.403. The maximum Gasteiger partial charge on any atom is 0.122 e. The van der Waals surface area contributed by atoms with Crippen LogP contribution in [0.15, 0.2) is 18.2 Å². The molecule has 1 N–H and O–H groups in total. The third-order valence-electron chi connectivity index (χ3n) is 3.09. The van der Waals surface area contributed by atoms with Gasteiger partial charge in [-0.05, 0) is 43.0 Å². The molecule has 1 aromatic carbocycles. The number of methoxy groups -OCH3 is 1. The Labute approximate surface area is 99.0 Å². The first-order valence-corrected chi connectivity index (χ1v) is 6.08. The van der Waals surface area contributed by atoms with E-state index in [1.165, 1.54) is 11.1 Å². The molecule has 2 nitrogen and oxygen atoms in total. The summed E-state index contributed by atoms with van der Waals surface area (Å²) in [5.74, 6) is 1.55. The average Bonchev–Trinajstić information content (AvgIpc) is 2.35. The van der Waals surface area contributed by atoms with Gasteiger partial charge < -0.3 is 10.1 Å². The molecule has 16 heavy (non-hydrogen) atoms. The van der Waals surface area contributed by atoms with E-state index in [0.29, 0.717) is 5.92 Å². The summed E-state index contributed by atoms with van der Waals surface area (Å²) in [6.07, 6.45) is 2.21. The van der Waals surface area contributed by atoms with Gasteiger partial charge in [0.05, 0.1) is 7.11 Å². The van der Waals surface area contributed by atoms with Gasteiger partial charge in [0.25, 0.3) is 0 Å². The molecule has 1 aromatic rings. The largest absolute Gasteiger partial charge is 0.496 e. The molecule has 0 fully saturated rings. The molecule has 2 heteroatoms. The zero-order valence-corrected chi connectivity index (χ0v) is 10.8. The summed E-state index contributed by atoms with van der Waals surface area (Å²) >= 11 is 0. The van der Waals surface area contributed by atoms with E-state index >= 15 is 0 Å². The Kier molecular flexibility index (Phi) is 5.33. The molecule has 1 unspecified atom stereocenters. The van der Waals surface area contributed by atoms with Gasteiger partial charge in [0, 0.05) is 6.54 Å². The van der Waals surface area contributed by atoms with E-state index in [9.17, 15) is 0 Å². The zero-order chi connectivity index (χ0) is 12.0. The third-order valence-corrected chi connectivity index (χ3v) is 3.09. The van der Waals surface area contributed by atoms with E-state index in [1.807, 2.05) is 7.05 Å². The molecule has 1 atom stereocenters. The van der Waals surface area contributed by atoms with Crippen LogP contribution < -0.4 is 10.1 Å². The van der Waals surface area contributed by atoms with Crippen LogP contribution in [0.25, 0.3) is 0 Å². The summed E-state index contributed by atoms with van der Waals surface area (Å²) in [5, 5.41) is 3.25. The smallest absolute Gasteiger partial charge is 0.122 e. The predicted octanol–water partition coefficient (Wildman–Crippen LogP) is 2.97. The fourth-order valence-electron chi connectivity index (χ4n) is 2.04. The molecule has 0 aliphatic rings. The van der Waals surface area contributed by atoms with E-state index in [-0.39, 0.29) is 0 Å². The van der Waals surface area contributed by atoms with Crippen LogP contribution in [-0.4, -0.2) is 20.7 Å². The number of ether oxygens (including phenoxy) is 1. The Hall–Kier alpha value is -1.02. The molecular formula is C14H23NO. The number of hydrogen-bond donors (Lipinski definition) is 1. The first-order valence-electron chi connectivity index (χ1n) is 6.08. The summed E-state index contributed by atoms with van der Waals surface area (Å²) in [4.78, 5) is 0. The van der Waals surface area contributed by atoms with Gasteiger partial charge in [0.2, 0.25) is 0 Å². The lowest BCUT2D eigenvalue weighted by atomic mass is 9.93. The summed E-state index contributed by atoms with van der Waals surface area (Å²) in [6, 6.07) is 6.52. The molecule has 0 saturated heterocycles. The monoisotopic (exact) mass is 221 g/mol. The molecule has 0 bridgehead atoms. The minimum Gasteiger partial charge on any atom is -0.496 e. The maximum absolute atomic E-state index is 5.45. The fourth-order valence-corrected chi connectivity index (χ4v) is 2.04. The van der Waals surface area contributed by atoms with Gasteiger partial charge in [0.15, 0.2) is 0 Å². The second-order valence-electron chi connectivity index (χ2n) is 4.09. The summed E-state index contributed by atoms with van der Waals surface area (Å²) in [5.41, 5.74) is 2.71. The molecule has 0 radical (unpaired) electrons. The normalized spacial score (nSPS) is 12.5. The van der Waals surface area contributed by atoms with Crippen molar-refractivity contribution < 1.29 is 4.74 Å². The summed E-state index contributed by atoms with van der Waals surface area (Å²) < 4.78 is 5.45. The molecule has 0 aromatic heterocycles. The highest BCUT2D eigenvalue weighted by Gasteiger charge is 2.14. The molecule has 0 heterocycles. The van der Waals surface area contributed by atoms with Crippen LogP contribution in [0.5, 0.6) is 5.75 Å². The van der Waals surface area contributed by atoms with Crippen molar-refractivity contribution in [3.05, 3.63) is 29.3 Å². The van der Waals surface area contributed by atoms with Crippen molar-refractivity contribution in [3.8, 4) is 5.75 Å². The Morgan fingerprint density at radius 2 is 2.06 bits per heavy atom. The number of hydrogen-bond acceptors (Lipinski definition) is 2. The van der Waals surface area contributed by atoms with Crippen molar-refractivity contribution in [1.29, 1.82) is 0 Å². The highest BCUT2D eigenvalue weighted by molar-refractivity contribution is 5.40. The third kappa shape index (κ3) is 2.99. The van der Waals surface area contributed by atoms with Crippen molar-refractivity contribution in [1.82, 2.24) is 5.32 Å². The molecular weight excluding hydrogens is 198 g/mol. The van der Waals surface area contributed by atoms with E-state index in [1.54, 1.807) is 7.11 Å². The van der Waals surface area contributed by atoms with Crippen LogP contribution >= 0.6 is 0 Å². The zero-order valence-electron chi connectivity index (χ0n) is 10.8. The van der Waals surface area contributed by atoms with Crippen molar-refractivity contribution in [2.24, 2.45) is 0 Å². The van der Waals surface area contributed by atoms with Crippen LogP contribution in [0.4, 0.5) is 0 Å². The van der Waals surface area contributed by atoms with Crippen molar-refractivity contribution in [2.75, 3.05) is 20.7 Å². The van der Waals surface area contributed by atoms with E-state index in [4.69, 9.17) is 4.74 Å². The van der Waals surface area contributed by atoms with Crippen LogP contribution in [0.3, 0.4) is 0 Å². The van der Waals surface area contributed by atoms with Gasteiger partial charge in [-0.3, -0.25) is 0 Å². The highest BCUT2D eigenvalue weighted by atomic mass is 16.5. The fraction of sp³-hybridized carbons (Fsp3) is 0.571. The number of rotatable bonds is 6. The van der Waals surface area contributed by atoms with Gasteiger partial charge in [-0.2, -0.15) is 0 Å². The van der Waals surface area contributed by atoms with Crippen LogP contribution in [0.1, 0.15) is 37.3 Å². The standard InChI is InChI=1S/C14H23NO/c1-5-11-7-8-14(16-4)13(9-11)12(6-2)10-15-3/h7-9,12,15H,5-6,10H2,1-4H3. The molecule has 0 aliphatic carbocycles. The second kappa shape index (κ2) is 6.54. The number of nitrogens with one attached hydrogen (secondary N) is 1. The van der Waals surface area contributed by atoms with Crippen LogP contribution in [-0.2, 0) is 6.42 Å². The van der Waals surface area contributed by atoms with Crippen LogP contribution in [0.2, 0.25) is 0 Å². The van der Waals surface area contributed by atoms with E-state index in [0.717, 1.165) is 25.1 Å². The molecule has 0 amide bonds. The summed E-state index contributed by atoms with van der Waals surface area (Å²) in [6.45, 7) is 5.41. The molecule has 1 rings (SSSR count). The minimum atomic E-state index is 0.534. The average molecular weight is 221 g/mol.